The molecule has 1 rings (SSSR count). The van der Waals surface area contributed by atoms with Crippen LogP contribution in [0.15, 0.2) is 4.52 Å². The highest BCUT2D eigenvalue weighted by Crippen LogP contribution is 2.29. The third kappa shape index (κ3) is 4.45. The zero-order valence-corrected chi connectivity index (χ0v) is 11.7. The molecule has 0 saturated heterocycles. The fourth-order valence-electron chi connectivity index (χ4n) is 1.85. The van der Waals surface area contributed by atoms with Crippen molar-refractivity contribution in [3.63, 3.8) is 0 Å². The van der Waals surface area contributed by atoms with Crippen molar-refractivity contribution in [1.29, 1.82) is 0 Å². The van der Waals surface area contributed by atoms with Crippen molar-refractivity contribution < 1.29 is 22.4 Å². The summed E-state index contributed by atoms with van der Waals surface area (Å²) < 4.78 is 45.4. The normalized spacial score (nSPS) is 12.9. The van der Waals surface area contributed by atoms with Crippen molar-refractivity contribution in [3.05, 3.63) is 11.7 Å². The largest absolute Gasteiger partial charge is 0.411 e. The van der Waals surface area contributed by atoms with Crippen LogP contribution in [0.1, 0.15) is 38.4 Å². The van der Waals surface area contributed by atoms with Crippen LogP contribution in [0.5, 0.6) is 0 Å². The van der Waals surface area contributed by atoms with E-state index in [9.17, 15) is 13.2 Å². The van der Waals surface area contributed by atoms with Crippen LogP contribution in [0.3, 0.4) is 0 Å². The maximum Gasteiger partial charge on any atom is 0.411 e. The Kier molecular flexibility index (Phi) is 5.94. The lowest BCUT2D eigenvalue weighted by atomic mass is 9.82. The first-order valence-corrected chi connectivity index (χ1v) is 6.54. The van der Waals surface area contributed by atoms with Crippen molar-refractivity contribution in [2.24, 2.45) is 5.73 Å². The number of alkyl halides is 3. The molecule has 0 radical (unpaired) electrons. The fraction of sp³-hybridized carbons (Fsp3) is 0.833. The average molecular weight is 295 g/mol. The summed E-state index contributed by atoms with van der Waals surface area (Å²) in [6.07, 6.45) is -2.63. The van der Waals surface area contributed by atoms with Gasteiger partial charge in [0.2, 0.25) is 5.89 Å². The molecule has 8 heteroatoms. The van der Waals surface area contributed by atoms with Crippen molar-refractivity contribution in [2.75, 3.05) is 19.8 Å². The number of nitrogens with two attached hydrogens (primary N) is 1. The van der Waals surface area contributed by atoms with Gasteiger partial charge in [-0.2, -0.15) is 18.2 Å². The molecule has 0 aromatic carbocycles. The molecule has 0 aliphatic heterocycles. The van der Waals surface area contributed by atoms with E-state index >= 15 is 0 Å². The topological polar surface area (TPSA) is 74.2 Å². The van der Waals surface area contributed by atoms with Crippen molar-refractivity contribution >= 4 is 0 Å². The first-order chi connectivity index (χ1) is 9.37. The smallest absolute Gasteiger partial charge is 0.372 e. The predicted octanol–water partition coefficient (Wildman–Crippen LogP) is 2.21. The van der Waals surface area contributed by atoms with Crippen LogP contribution in [0.25, 0.3) is 0 Å². The van der Waals surface area contributed by atoms with E-state index in [4.69, 9.17) is 10.3 Å². The van der Waals surface area contributed by atoms with E-state index in [1.54, 1.807) is 0 Å². The van der Waals surface area contributed by atoms with E-state index in [1.807, 2.05) is 13.8 Å². The molecule has 1 heterocycles. The van der Waals surface area contributed by atoms with Crippen molar-refractivity contribution in [2.45, 2.75) is 44.7 Å². The molecule has 0 aliphatic rings. The molecule has 20 heavy (non-hydrogen) atoms. The van der Waals surface area contributed by atoms with Gasteiger partial charge < -0.3 is 15.0 Å². The van der Waals surface area contributed by atoms with Gasteiger partial charge in [0.1, 0.15) is 6.61 Å². The van der Waals surface area contributed by atoms with Gasteiger partial charge >= 0.3 is 6.18 Å². The third-order valence-corrected chi connectivity index (χ3v) is 3.40. The summed E-state index contributed by atoms with van der Waals surface area (Å²) in [4.78, 5) is 4.21. The summed E-state index contributed by atoms with van der Waals surface area (Å²) in [5.41, 5.74) is 5.40. The van der Waals surface area contributed by atoms with Gasteiger partial charge in [0, 0.05) is 13.0 Å². The van der Waals surface area contributed by atoms with Crippen LogP contribution >= 0.6 is 0 Å². The molecule has 2 N–H and O–H groups in total. The zero-order valence-electron chi connectivity index (χ0n) is 11.7. The van der Waals surface area contributed by atoms with E-state index in [0.717, 1.165) is 12.8 Å². The molecule has 0 spiro atoms. The second-order valence-electron chi connectivity index (χ2n) is 4.63. The van der Waals surface area contributed by atoms with Crippen LogP contribution < -0.4 is 5.73 Å². The predicted molar refractivity (Wildman–Crippen MR) is 66.2 cm³/mol. The summed E-state index contributed by atoms with van der Waals surface area (Å²) >= 11 is 0. The van der Waals surface area contributed by atoms with E-state index in [-0.39, 0.29) is 18.4 Å². The number of ether oxygens (including phenoxy) is 1. The van der Waals surface area contributed by atoms with Crippen LogP contribution in [-0.2, 0) is 16.6 Å². The second kappa shape index (κ2) is 7.03. The minimum atomic E-state index is -4.32. The highest BCUT2D eigenvalue weighted by molar-refractivity contribution is 5.05. The number of hydrogen-bond acceptors (Lipinski definition) is 5. The molecule has 0 aliphatic carbocycles. The third-order valence-electron chi connectivity index (χ3n) is 3.40. The Balaban J connectivity index is 2.55. The molecule has 0 amide bonds. The number of halogens is 3. The second-order valence-corrected chi connectivity index (χ2v) is 4.63. The van der Waals surface area contributed by atoms with Crippen LogP contribution in [0.2, 0.25) is 0 Å². The first kappa shape index (κ1) is 16.9. The molecule has 0 saturated carbocycles. The molecule has 0 fully saturated rings. The lowest BCUT2D eigenvalue weighted by Crippen LogP contribution is -2.34. The summed E-state index contributed by atoms with van der Waals surface area (Å²) in [5, 5.41) is 3.76. The van der Waals surface area contributed by atoms with Crippen molar-refractivity contribution in [1.82, 2.24) is 10.1 Å². The lowest BCUT2D eigenvalue weighted by Gasteiger charge is -2.24. The number of rotatable bonds is 8. The van der Waals surface area contributed by atoms with E-state index in [2.05, 4.69) is 14.9 Å². The van der Waals surface area contributed by atoms with E-state index in [0.29, 0.717) is 18.3 Å². The quantitative estimate of drug-likeness (QED) is 0.744. The summed E-state index contributed by atoms with van der Waals surface area (Å²) in [7, 11) is 0. The van der Waals surface area contributed by atoms with Gasteiger partial charge in [-0.1, -0.05) is 19.0 Å². The van der Waals surface area contributed by atoms with Gasteiger partial charge in [0.15, 0.2) is 5.82 Å². The van der Waals surface area contributed by atoms with Crippen LogP contribution in [0, 0.1) is 0 Å². The van der Waals surface area contributed by atoms with Crippen LogP contribution in [-0.4, -0.2) is 36.1 Å². The Hall–Kier alpha value is -1.15. The van der Waals surface area contributed by atoms with Gasteiger partial charge in [-0.3, -0.25) is 0 Å². The monoisotopic (exact) mass is 295 g/mol. The maximum atomic E-state index is 11.9. The minimum Gasteiger partial charge on any atom is -0.372 e. The van der Waals surface area contributed by atoms with Gasteiger partial charge in [-0.05, 0) is 12.8 Å². The Labute approximate surface area is 115 Å². The standard InChI is InChI=1S/C12H20F3N3O2/c1-3-11(4-2,7-16)10-17-9(18-20-10)5-6-19-8-12(13,14)15/h3-8,16H2,1-2H3. The Morgan fingerprint density at radius 3 is 2.40 bits per heavy atom. The highest BCUT2D eigenvalue weighted by Gasteiger charge is 2.33. The molecular weight excluding hydrogens is 275 g/mol. The minimum absolute atomic E-state index is 0.105. The zero-order chi connectivity index (χ0) is 15.2. The molecular formula is C12H20F3N3O2. The number of hydrogen-bond donors (Lipinski definition) is 1. The Morgan fingerprint density at radius 1 is 1.25 bits per heavy atom. The Bertz CT molecular complexity index is 395. The van der Waals surface area contributed by atoms with E-state index in [1.165, 1.54) is 0 Å². The SMILES string of the molecule is CCC(CC)(CN)c1nc(CCOCC(F)(F)F)no1. The number of aromatic nitrogens is 2. The molecule has 1 aromatic rings. The molecule has 0 unspecified atom stereocenters. The molecule has 5 nitrogen and oxygen atoms in total. The van der Waals surface area contributed by atoms with Gasteiger partial charge in [-0.15, -0.1) is 0 Å². The average Bonchev–Trinajstić information content (AvgIpc) is 2.86. The van der Waals surface area contributed by atoms with Gasteiger partial charge in [-0.25, -0.2) is 0 Å². The molecule has 1 aromatic heterocycles. The van der Waals surface area contributed by atoms with E-state index < -0.39 is 12.8 Å². The summed E-state index contributed by atoms with van der Waals surface area (Å²) in [6, 6.07) is 0. The lowest BCUT2D eigenvalue weighted by molar-refractivity contribution is -0.173. The summed E-state index contributed by atoms with van der Waals surface area (Å²) in [5.74, 6) is 0.776. The molecule has 0 bridgehead atoms. The Morgan fingerprint density at radius 2 is 1.90 bits per heavy atom. The van der Waals surface area contributed by atoms with Crippen LogP contribution in [0.4, 0.5) is 13.2 Å². The summed E-state index contributed by atoms with van der Waals surface area (Å²) in [6.45, 7) is 2.96. The van der Waals surface area contributed by atoms with Gasteiger partial charge in [0.05, 0.1) is 12.0 Å². The van der Waals surface area contributed by atoms with Gasteiger partial charge in [0.25, 0.3) is 0 Å². The molecule has 116 valence electrons. The number of nitrogens with zero attached hydrogens (tertiary/aromatic N) is 2. The first-order valence-electron chi connectivity index (χ1n) is 6.54. The highest BCUT2D eigenvalue weighted by atomic mass is 19.4. The fourth-order valence-corrected chi connectivity index (χ4v) is 1.85. The molecule has 0 atom stereocenters. The maximum absolute atomic E-state index is 11.9. The van der Waals surface area contributed by atoms with Crippen molar-refractivity contribution in [3.8, 4) is 0 Å².